The number of anilines is 2. The number of likely N-dealkylation sites (N-methyl/N-ethyl adjacent to an activating group) is 1. The van der Waals surface area contributed by atoms with Gasteiger partial charge in [-0.15, -0.1) is 23.2 Å². The molecule has 0 spiro atoms. The van der Waals surface area contributed by atoms with Crippen LogP contribution in [0.2, 0.25) is 0 Å². The first-order valence-electron chi connectivity index (χ1n) is 8.12. The summed E-state index contributed by atoms with van der Waals surface area (Å²) in [5.74, 6) is -0.119. The van der Waals surface area contributed by atoms with E-state index in [4.69, 9.17) is 23.2 Å². The summed E-state index contributed by atoms with van der Waals surface area (Å²) in [6.45, 7) is 9.38. The molecule has 1 saturated carbocycles. The molecule has 2 fully saturated rings. The summed E-state index contributed by atoms with van der Waals surface area (Å²) in [4.78, 5) is 17.1. The van der Waals surface area contributed by atoms with Crippen molar-refractivity contribution in [1.29, 1.82) is 0 Å². The van der Waals surface area contributed by atoms with E-state index in [-0.39, 0.29) is 5.91 Å². The van der Waals surface area contributed by atoms with Crippen LogP contribution < -0.4 is 10.2 Å². The van der Waals surface area contributed by atoms with Crippen molar-refractivity contribution in [3.8, 4) is 0 Å². The van der Waals surface area contributed by atoms with E-state index in [2.05, 4.69) is 34.2 Å². The molecule has 1 saturated heterocycles. The lowest BCUT2D eigenvalue weighted by Gasteiger charge is -2.35. The van der Waals surface area contributed by atoms with Gasteiger partial charge in [0.2, 0.25) is 5.91 Å². The van der Waals surface area contributed by atoms with Crippen molar-refractivity contribution in [2.45, 2.75) is 24.6 Å². The predicted molar refractivity (Wildman–Crippen MR) is 96.6 cm³/mol. The van der Waals surface area contributed by atoms with E-state index in [0.717, 1.165) is 38.4 Å². The molecule has 23 heavy (non-hydrogen) atoms. The molecule has 1 N–H and O–H groups in total. The van der Waals surface area contributed by atoms with Gasteiger partial charge < -0.3 is 15.1 Å². The van der Waals surface area contributed by atoms with Crippen molar-refractivity contribution < 1.29 is 4.79 Å². The van der Waals surface area contributed by atoms with Crippen molar-refractivity contribution in [3.63, 3.8) is 0 Å². The van der Waals surface area contributed by atoms with E-state index in [1.165, 1.54) is 5.69 Å². The number of nitrogens with zero attached hydrogens (tertiary/aromatic N) is 2. The molecule has 126 valence electrons. The first-order chi connectivity index (χ1) is 10.9. The number of amides is 1. The molecule has 0 aromatic heterocycles. The lowest BCUT2D eigenvalue weighted by atomic mass is 10.1. The SMILES string of the molecule is CCN1CCN(c2ccc(NC(=O)[C@]3(C)CC3(Cl)Cl)cc2)CC1. The smallest absolute Gasteiger partial charge is 0.233 e. The highest BCUT2D eigenvalue weighted by atomic mass is 35.5. The highest BCUT2D eigenvalue weighted by Gasteiger charge is 2.67. The Morgan fingerprint density at radius 2 is 1.74 bits per heavy atom. The monoisotopic (exact) mass is 355 g/mol. The van der Waals surface area contributed by atoms with Crippen LogP contribution in [0.4, 0.5) is 11.4 Å². The summed E-state index contributed by atoms with van der Waals surface area (Å²) < 4.78 is -0.935. The molecule has 3 rings (SSSR count). The minimum atomic E-state index is -0.935. The van der Waals surface area contributed by atoms with Gasteiger partial charge in [0.25, 0.3) is 0 Å². The minimum absolute atomic E-state index is 0.119. The van der Waals surface area contributed by atoms with Crippen molar-refractivity contribution in [3.05, 3.63) is 24.3 Å². The highest BCUT2D eigenvalue weighted by Crippen LogP contribution is 2.64. The van der Waals surface area contributed by atoms with Crippen LogP contribution in [-0.4, -0.2) is 47.9 Å². The molecular formula is C17H23Cl2N3O. The van der Waals surface area contributed by atoms with Crippen molar-refractivity contribution >= 4 is 40.5 Å². The Labute approximate surface area is 147 Å². The highest BCUT2D eigenvalue weighted by molar-refractivity contribution is 6.53. The number of carbonyl (C=O) groups is 1. The van der Waals surface area contributed by atoms with Gasteiger partial charge in [-0.3, -0.25) is 4.79 Å². The largest absolute Gasteiger partial charge is 0.369 e. The second-order valence-corrected chi connectivity index (χ2v) is 8.12. The van der Waals surface area contributed by atoms with Crippen molar-refractivity contribution in [2.24, 2.45) is 5.41 Å². The maximum Gasteiger partial charge on any atom is 0.233 e. The van der Waals surface area contributed by atoms with Gasteiger partial charge >= 0.3 is 0 Å². The summed E-state index contributed by atoms with van der Waals surface area (Å²) in [7, 11) is 0. The molecule has 6 heteroatoms. The molecule has 4 nitrogen and oxygen atoms in total. The van der Waals surface area contributed by atoms with Crippen molar-refractivity contribution in [2.75, 3.05) is 42.9 Å². The first-order valence-corrected chi connectivity index (χ1v) is 8.88. The lowest BCUT2D eigenvalue weighted by molar-refractivity contribution is -0.120. The van der Waals surface area contributed by atoms with E-state index in [9.17, 15) is 4.79 Å². The van der Waals surface area contributed by atoms with Crippen LogP contribution in [0.1, 0.15) is 20.3 Å². The number of nitrogens with one attached hydrogen (secondary N) is 1. The molecule has 1 aromatic carbocycles. The summed E-state index contributed by atoms with van der Waals surface area (Å²) >= 11 is 12.1. The van der Waals surface area contributed by atoms with Crippen LogP contribution in [0.5, 0.6) is 0 Å². The van der Waals surface area contributed by atoms with Crippen LogP contribution in [-0.2, 0) is 4.79 Å². The van der Waals surface area contributed by atoms with Gasteiger partial charge in [-0.25, -0.2) is 0 Å². The molecule has 1 heterocycles. The standard InChI is InChI=1S/C17H23Cl2N3O/c1-3-21-8-10-22(11-9-21)14-6-4-13(5-7-14)20-15(23)16(2)12-17(16,18)19/h4-7H,3,8-12H2,1-2H3,(H,20,23)/t16-/m0/s1. The molecule has 0 bridgehead atoms. The Bertz CT molecular complexity index is 582. The van der Waals surface area contributed by atoms with Crippen molar-refractivity contribution in [1.82, 2.24) is 4.90 Å². The number of carbonyl (C=O) groups excluding carboxylic acids is 1. The summed E-state index contributed by atoms with van der Waals surface area (Å²) in [5, 5.41) is 2.91. The maximum absolute atomic E-state index is 12.3. The Hall–Kier alpha value is -0.970. The topological polar surface area (TPSA) is 35.6 Å². The minimum Gasteiger partial charge on any atom is -0.369 e. The number of rotatable bonds is 4. The number of benzene rings is 1. The molecule has 1 aromatic rings. The third-order valence-corrected chi connectivity index (χ3v) is 6.17. The van der Waals surface area contributed by atoms with Crippen LogP contribution >= 0.6 is 23.2 Å². The summed E-state index contributed by atoms with van der Waals surface area (Å²) in [5.41, 5.74) is 1.29. The zero-order valence-electron chi connectivity index (χ0n) is 13.6. The van der Waals surface area contributed by atoms with Gasteiger partial charge in [-0.2, -0.15) is 0 Å². The zero-order chi connectivity index (χ0) is 16.7. The number of halogens is 2. The van der Waals surface area contributed by atoms with Crippen LogP contribution in [0.15, 0.2) is 24.3 Å². The van der Waals surface area contributed by atoms with Gasteiger partial charge in [0.15, 0.2) is 0 Å². The molecule has 2 aliphatic rings. The fraction of sp³-hybridized carbons (Fsp3) is 0.588. The molecule has 1 aliphatic carbocycles. The lowest BCUT2D eigenvalue weighted by Crippen LogP contribution is -2.46. The van der Waals surface area contributed by atoms with E-state index in [0.29, 0.717) is 6.42 Å². The van der Waals surface area contributed by atoms with Gasteiger partial charge in [0, 0.05) is 37.6 Å². The molecule has 1 atom stereocenters. The third kappa shape index (κ3) is 3.30. The molecule has 0 unspecified atom stereocenters. The Kier molecular flexibility index (Phi) is 4.51. The van der Waals surface area contributed by atoms with E-state index >= 15 is 0 Å². The van der Waals surface area contributed by atoms with E-state index < -0.39 is 9.75 Å². The van der Waals surface area contributed by atoms with Crippen LogP contribution in [0.25, 0.3) is 0 Å². The Morgan fingerprint density at radius 1 is 1.17 bits per heavy atom. The van der Waals surface area contributed by atoms with Gasteiger partial charge in [0.1, 0.15) is 4.33 Å². The third-order valence-electron chi connectivity index (χ3n) is 5.07. The number of alkyl halides is 2. The van der Waals surface area contributed by atoms with E-state index in [1.54, 1.807) is 6.92 Å². The number of piperazine rings is 1. The molecular weight excluding hydrogens is 333 g/mol. The number of hydrogen-bond donors (Lipinski definition) is 1. The average molecular weight is 356 g/mol. The second kappa shape index (κ2) is 6.15. The Morgan fingerprint density at radius 3 is 2.22 bits per heavy atom. The zero-order valence-corrected chi connectivity index (χ0v) is 15.1. The fourth-order valence-corrected chi connectivity index (χ4v) is 3.70. The normalized spacial score (nSPS) is 26.9. The number of hydrogen-bond acceptors (Lipinski definition) is 3. The summed E-state index contributed by atoms with van der Waals surface area (Å²) in [6.07, 6.45) is 0.495. The average Bonchev–Trinajstić information content (AvgIpc) is 3.08. The van der Waals surface area contributed by atoms with E-state index in [1.807, 2.05) is 12.1 Å². The predicted octanol–water partition coefficient (Wildman–Crippen LogP) is 3.35. The molecule has 1 aliphatic heterocycles. The molecule has 1 amide bonds. The van der Waals surface area contributed by atoms with Gasteiger partial charge in [-0.05, 0) is 44.2 Å². The second-order valence-electron chi connectivity index (χ2n) is 6.64. The van der Waals surface area contributed by atoms with Crippen LogP contribution in [0.3, 0.4) is 0 Å². The maximum atomic E-state index is 12.3. The van der Waals surface area contributed by atoms with Gasteiger partial charge in [-0.1, -0.05) is 6.92 Å². The quantitative estimate of drug-likeness (QED) is 0.841. The summed E-state index contributed by atoms with van der Waals surface area (Å²) in [6, 6.07) is 7.99. The Balaban J connectivity index is 1.59. The first kappa shape index (κ1) is 16.9. The molecule has 0 radical (unpaired) electrons. The van der Waals surface area contributed by atoms with Gasteiger partial charge in [0.05, 0.1) is 5.41 Å². The fourth-order valence-electron chi connectivity index (χ4n) is 2.99. The van der Waals surface area contributed by atoms with Crippen LogP contribution in [0, 0.1) is 5.41 Å².